The predicted molar refractivity (Wildman–Crippen MR) is 102 cm³/mol. The first-order valence-corrected chi connectivity index (χ1v) is 10.0. The van der Waals surface area contributed by atoms with E-state index in [0.29, 0.717) is 24.5 Å². The van der Waals surface area contributed by atoms with Crippen LogP contribution in [0.4, 0.5) is 10.1 Å². The van der Waals surface area contributed by atoms with Crippen LogP contribution in [-0.4, -0.2) is 37.8 Å². The Balaban J connectivity index is 2.10. The standard InChI is InChI=1S/C19H23FN2O4S/c1-4-22(5-2)27(24,25)18-8-6-7-16(13-18)21-19(23)14(3)26-17-11-9-15(20)10-12-17/h6-14H,4-5H2,1-3H3,(H,21,23)/t14-/m1/s1. The summed E-state index contributed by atoms with van der Waals surface area (Å²) in [7, 11) is -3.62. The number of hydrogen-bond acceptors (Lipinski definition) is 4. The second-order valence-electron chi connectivity index (χ2n) is 5.82. The number of nitrogens with one attached hydrogen (secondary N) is 1. The maximum Gasteiger partial charge on any atom is 0.265 e. The van der Waals surface area contributed by atoms with Gasteiger partial charge in [0.15, 0.2) is 6.10 Å². The lowest BCUT2D eigenvalue weighted by molar-refractivity contribution is -0.122. The smallest absolute Gasteiger partial charge is 0.265 e. The van der Waals surface area contributed by atoms with Crippen LogP contribution >= 0.6 is 0 Å². The molecule has 0 aliphatic rings. The summed E-state index contributed by atoms with van der Waals surface area (Å²) in [6.07, 6.45) is -0.849. The maximum absolute atomic E-state index is 12.9. The third-order valence-electron chi connectivity index (χ3n) is 3.94. The molecule has 0 aliphatic carbocycles. The van der Waals surface area contributed by atoms with Crippen LogP contribution < -0.4 is 10.1 Å². The minimum atomic E-state index is -3.62. The number of ether oxygens (including phenoxy) is 1. The lowest BCUT2D eigenvalue weighted by Crippen LogP contribution is -2.31. The van der Waals surface area contributed by atoms with Crippen LogP contribution in [0.15, 0.2) is 53.4 Å². The third kappa shape index (κ3) is 5.27. The molecule has 0 bridgehead atoms. The number of amides is 1. The van der Waals surface area contributed by atoms with Crippen molar-refractivity contribution in [2.45, 2.75) is 31.8 Å². The highest BCUT2D eigenvalue weighted by atomic mass is 32.2. The number of carbonyl (C=O) groups is 1. The molecule has 0 spiro atoms. The van der Waals surface area contributed by atoms with Gasteiger partial charge in [0.05, 0.1) is 4.90 Å². The SMILES string of the molecule is CCN(CC)S(=O)(=O)c1cccc(NC(=O)[C@@H](C)Oc2ccc(F)cc2)c1. The average molecular weight is 394 g/mol. The van der Waals surface area contributed by atoms with E-state index in [2.05, 4.69) is 5.32 Å². The van der Waals surface area contributed by atoms with Gasteiger partial charge in [-0.3, -0.25) is 4.79 Å². The van der Waals surface area contributed by atoms with Crippen molar-refractivity contribution < 1.29 is 22.3 Å². The first-order chi connectivity index (χ1) is 12.8. The molecule has 2 aromatic rings. The third-order valence-corrected chi connectivity index (χ3v) is 5.99. The molecular weight excluding hydrogens is 371 g/mol. The van der Waals surface area contributed by atoms with Crippen molar-refractivity contribution in [3.63, 3.8) is 0 Å². The van der Waals surface area contributed by atoms with Crippen LogP contribution in [0.2, 0.25) is 0 Å². The van der Waals surface area contributed by atoms with E-state index in [0.717, 1.165) is 0 Å². The van der Waals surface area contributed by atoms with E-state index in [1.165, 1.54) is 40.7 Å². The molecule has 2 rings (SSSR count). The normalized spacial score (nSPS) is 12.6. The zero-order valence-corrected chi connectivity index (χ0v) is 16.3. The number of sulfonamides is 1. The highest BCUT2D eigenvalue weighted by molar-refractivity contribution is 7.89. The van der Waals surface area contributed by atoms with Crippen LogP contribution in [0.3, 0.4) is 0 Å². The molecule has 0 aromatic heterocycles. The van der Waals surface area contributed by atoms with Crippen molar-refractivity contribution >= 4 is 21.6 Å². The van der Waals surface area contributed by atoms with Gasteiger partial charge in [0.2, 0.25) is 10.0 Å². The zero-order valence-electron chi connectivity index (χ0n) is 15.5. The quantitative estimate of drug-likeness (QED) is 0.746. The van der Waals surface area contributed by atoms with Crippen LogP contribution in [0.25, 0.3) is 0 Å². The molecule has 1 N–H and O–H groups in total. The number of benzene rings is 2. The Morgan fingerprint density at radius 1 is 1.15 bits per heavy atom. The Bertz CT molecular complexity index is 881. The van der Waals surface area contributed by atoms with E-state index in [4.69, 9.17) is 4.74 Å². The summed E-state index contributed by atoms with van der Waals surface area (Å²) < 4.78 is 44.9. The fraction of sp³-hybridized carbons (Fsp3) is 0.316. The summed E-state index contributed by atoms with van der Waals surface area (Å²) in [5, 5.41) is 2.64. The van der Waals surface area contributed by atoms with E-state index in [1.807, 2.05) is 0 Å². The van der Waals surface area contributed by atoms with Gasteiger partial charge in [-0.25, -0.2) is 12.8 Å². The lowest BCUT2D eigenvalue weighted by atomic mass is 10.3. The summed E-state index contributed by atoms with van der Waals surface area (Å²) in [5.41, 5.74) is 0.350. The molecular formula is C19H23FN2O4S. The van der Waals surface area contributed by atoms with Gasteiger partial charge in [-0.2, -0.15) is 4.31 Å². The van der Waals surface area contributed by atoms with E-state index >= 15 is 0 Å². The molecule has 0 saturated carbocycles. The van der Waals surface area contributed by atoms with Gasteiger partial charge in [0.1, 0.15) is 11.6 Å². The van der Waals surface area contributed by atoms with Crippen molar-refractivity contribution in [2.24, 2.45) is 0 Å². The van der Waals surface area contributed by atoms with Crippen molar-refractivity contribution in [3.8, 4) is 5.75 Å². The molecule has 0 heterocycles. The largest absolute Gasteiger partial charge is 0.481 e. The van der Waals surface area contributed by atoms with E-state index in [9.17, 15) is 17.6 Å². The van der Waals surface area contributed by atoms with Gasteiger partial charge in [-0.1, -0.05) is 19.9 Å². The van der Waals surface area contributed by atoms with Crippen LogP contribution in [-0.2, 0) is 14.8 Å². The number of rotatable bonds is 8. The molecule has 27 heavy (non-hydrogen) atoms. The summed E-state index contributed by atoms with van der Waals surface area (Å²) in [5.74, 6) is -0.487. The molecule has 0 saturated heterocycles. The summed E-state index contributed by atoms with van der Waals surface area (Å²) >= 11 is 0. The van der Waals surface area contributed by atoms with Crippen molar-refractivity contribution in [2.75, 3.05) is 18.4 Å². The minimum absolute atomic E-state index is 0.108. The van der Waals surface area contributed by atoms with Gasteiger partial charge in [0, 0.05) is 18.8 Å². The van der Waals surface area contributed by atoms with Crippen molar-refractivity contribution in [3.05, 3.63) is 54.3 Å². The van der Waals surface area contributed by atoms with Crippen LogP contribution in [0, 0.1) is 5.82 Å². The molecule has 0 radical (unpaired) electrons. The topological polar surface area (TPSA) is 75.7 Å². The molecule has 1 atom stereocenters. The van der Waals surface area contributed by atoms with E-state index < -0.39 is 27.9 Å². The van der Waals surface area contributed by atoms with Gasteiger partial charge in [-0.15, -0.1) is 0 Å². The second kappa shape index (κ2) is 8.96. The number of nitrogens with zero attached hydrogens (tertiary/aromatic N) is 1. The Morgan fingerprint density at radius 3 is 2.37 bits per heavy atom. The zero-order chi connectivity index (χ0) is 20.0. The average Bonchev–Trinajstić information content (AvgIpc) is 2.64. The number of anilines is 1. The Hall–Kier alpha value is -2.45. The molecule has 2 aromatic carbocycles. The number of halogens is 1. The van der Waals surface area contributed by atoms with Crippen molar-refractivity contribution in [1.82, 2.24) is 4.31 Å². The van der Waals surface area contributed by atoms with Crippen LogP contribution in [0.1, 0.15) is 20.8 Å². The molecule has 0 fully saturated rings. The fourth-order valence-corrected chi connectivity index (χ4v) is 3.97. The molecule has 8 heteroatoms. The second-order valence-corrected chi connectivity index (χ2v) is 7.76. The molecule has 0 unspecified atom stereocenters. The highest BCUT2D eigenvalue weighted by Crippen LogP contribution is 2.20. The predicted octanol–water partition coefficient (Wildman–Crippen LogP) is 3.26. The Morgan fingerprint density at radius 2 is 1.78 bits per heavy atom. The van der Waals surface area contributed by atoms with Gasteiger partial charge in [-0.05, 0) is 49.4 Å². The molecule has 1 amide bonds. The summed E-state index contributed by atoms with van der Waals surface area (Å²) in [4.78, 5) is 12.4. The lowest BCUT2D eigenvalue weighted by Gasteiger charge is -2.19. The van der Waals surface area contributed by atoms with E-state index in [-0.39, 0.29) is 4.90 Å². The monoisotopic (exact) mass is 394 g/mol. The molecule has 6 nitrogen and oxygen atoms in total. The Labute approximate surface area is 159 Å². The molecule has 0 aliphatic heterocycles. The maximum atomic E-state index is 12.9. The fourth-order valence-electron chi connectivity index (χ4n) is 2.46. The Kier molecular flexibility index (Phi) is 6.92. The first kappa shape index (κ1) is 20.9. The molecule has 146 valence electrons. The summed E-state index contributed by atoms with van der Waals surface area (Å²) in [6, 6.07) is 11.4. The van der Waals surface area contributed by atoms with Gasteiger partial charge < -0.3 is 10.1 Å². The first-order valence-electron chi connectivity index (χ1n) is 8.61. The van der Waals surface area contributed by atoms with Gasteiger partial charge in [0.25, 0.3) is 5.91 Å². The highest BCUT2D eigenvalue weighted by Gasteiger charge is 2.22. The van der Waals surface area contributed by atoms with E-state index in [1.54, 1.807) is 32.9 Å². The number of hydrogen-bond donors (Lipinski definition) is 1. The van der Waals surface area contributed by atoms with Crippen LogP contribution in [0.5, 0.6) is 5.75 Å². The number of carbonyl (C=O) groups excluding carboxylic acids is 1. The van der Waals surface area contributed by atoms with Gasteiger partial charge >= 0.3 is 0 Å². The van der Waals surface area contributed by atoms with Crippen molar-refractivity contribution in [1.29, 1.82) is 0 Å². The minimum Gasteiger partial charge on any atom is -0.481 e. The summed E-state index contributed by atoms with van der Waals surface area (Å²) in [6.45, 7) is 5.80.